The fourth-order valence-corrected chi connectivity index (χ4v) is 3.40. The van der Waals surface area contributed by atoms with Gasteiger partial charge in [-0.1, -0.05) is 0 Å². The van der Waals surface area contributed by atoms with Gasteiger partial charge in [0.1, 0.15) is 0 Å². The molecule has 21 heavy (non-hydrogen) atoms. The molecule has 2 fully saturated rings. The van der Waals surface area contributed by atoms with Crippen molar-refractivity contribution in [1.29, 1.82) is 0 Å². The fourth-order valence-electron chi connectivity index (χ4n) is 3.40. The fraction of sp³-hybridized carbons (Fsp3) is 0.867. The van der Waals surface area contributed by atoms with E-state index in [1.165, 1.54) is 0 Å². The van der Waals surface area contributed by atoms with Gasteiger partial charge in [0.25, 0.3) is 0 Å². The maximum atomic E-state index is 12.7. The zero-order valence-corrected chi connectivity index (χ0v) is 12.9. The highest BCUT2D eigenvalue weighted by molar-refractivity contribution is 5.75. The van der Waals surface area contributed by atoms with E-state index in [2.05, 4.69) is 5.32 Å². The van der Waals surface area contributed by atoms with Crippen molar-refractivity contribution < 1.29 is 14.7 Å². The van der Waals surface area contributed by atoms with Crippen molar-refractivity contribution in [3.05, 3.63) is 0 Å². The van der Waals surface area contributed by atoms with Crippen LogP contribution in [-0.2, 0) is 4.79 Å². The molecule has 2 heterocycles. The van der Waals surface area contributed by atoms with Crippen LogP contribution in [0.4, 0.5) is 4.79 Å². The van der Waals surface area contributed by atoms with Gasteiger partial charge in [-0.05, 0) is 51.6 Å². The van der Waals surface area contributed by atoms with E-state index in [1.54, 1.807) is 0 Å². The maximum absolute atomic E-state index is 12.7. The number of aliphatic carboxylic acids is 1. The number of hydrogen-bond acceptors (Lipinski definition) is 3. The van der Waals surface area contributed by atoms with Crippen molar-refractivity contribution in [1.82, 2.24) is 15.1 Å². The highest BCUT2D eigenvalue weighted by atomic mass is 16.4. The number of rotatable bonds is 4. The molecule has 2 amide bonds. The molecule has 0 radical (unpaired) electrons. The SMILES string of the molecule is CN(C(=O)N1CCCCC1CCC(=O)O)C1CCNCC1. The second kappa shape index (κ2) is 7.64. The van der Waals surface area contributed by atoms with E-state index >= 15 is 0 Å². The van der Waals surface area contributed by atoms with Gasteiger partial charge in [0.05, 0.1) is 0 Å². The van der Waals surface area contributed by atoms with Crippen LogP contribution in [0.1, 0.15) is 44.9 Å². The average Bonchev–Trinajstić information content (AvgIpc) is 2.52. The number of carboxylic acid groups (broad SMARTS) is 1. The Labute approximate surface area is 126 Å². The van der Waals surface area contributed by atoms with Crippen molar-refractivity contribution in [3.8, 4) is 0 Å². The monoisotopic (exact) mass is 297 g/mol. The van der Waals surface area contributed by atoms with E-state index in [-0.39, 0.29) is 18.5 Å². The molecule has 0 saturated carbocycles. The topological polar surface area (TPSA) is 72.9 Å². The highest BCUT2D eigenvalue weighted by Crippen LogP contribution is 2.23. The van der Waals surface area contributed by atoms with E-state index in [1.807, 2.05) is 16.8 Å². The summed E-state index contributed by atoms with van der Waals surface area (Å²) in [5.41, 5.74) is 0. The van der Waals surface area contributed by atoms with Gasteiger partial charge in [0, 0.05) is 32.1 Å². The van der Waals surface area contributed by atoms with Gasteiger partial charge in [-0.15, -0.1) is 0 Å². The first kappa shape index (κ1) is 16.1. The molecule has 2 N–H and O–H groups in total. The lowest BCUT2D eigenvalue weighted by molar-refractivity contribution is -0.137. The molecule has 2 aliphatic heterocycles. The van der Waals surface area contributed by atoms with Gasteiger partial charge in [0.15, 0.2) is 0 Å². The Hall–Kier alpha value is -1.30. The molecule has 0 aromatic heterocycles. The zero-order chi connectivity index (χ0) is 15.2. The predicted octanol–water partition coefficient (Wildman–Crippen LogP) is 1.51. The van der Waals surface area contributed by atoms with Crippen LogP contribution >= 0.6 is 0 Å². The summed E-state index contributed by atoms with van der Waals surface area (Å²) in [7, 11) is 1.89. The van der Waals surface area contributed by atoms with Crippen molar-refractivity contribution >= 4 is 12.0 Å². The van der Waals surface area contributed by atoms with Crippen LogP contribution in [0.2, 0.25) is 0 Å². The number of hydrogen-bond donors (Lipinski definition) is 2. The Bertz CT molecular complexity index is 369. The summed E-state index contributed by atoms with van der Waals surface area (Å²) in [6, 6.07) is 0.476. The van der Waals surface area contributed by atoms with Crippen molar-refractivity contribution in [2.24, 2.45) is 0 Å². The molecular formula is C15H27N3O3. The number of piperidine rings is 2. The Morgan fingerprint density at radius 1 is 1.24 bits per heavy atom. The molecular weight excluding hydrogens is 270 g/mol. The molecule has 1 atom stereocenters. The van der Waals surface area contributed by atoms with Crippen LogP contribution in [0.25, 0.3) is 0 Å². The van der Waals surface area contributed by atoms with Crippen molar-refractivity contribution in [2.75, 3.05) is 26.7 Å². The molecule has 0 bridgehead atoms. The molecule has 2 aliphatic rings. The van der Waals surface area contributed by atoms with E-state index in [9.17, 15) is 9.59 Å². The van der Waals surface area contributed by atoms with E-state index in [0.717, 1.165) is 51.7 Å². The summed E-state index contributed by atoms with van der Waals surface area (Å²) in [5.74, 6) is -0.778. The van der Waals surface area contributed by atoms with Gasteiger partial charge < -0.3 is 20.2 Å². The molecule has 6 nitrogen and oxygen atoms in total. The van der Waals surface area contributed by atoms with Crippen molar-refractivity contribution in [2.45, 2.75) is 57.0 Å². The van der Waals surface area contributed by atoms with Gasteiger partial charge in [-0.3, -0.25) is 4.79 Å². The molecule has 6 heteroatoms. The summed E-state index contributed by atoms with van der Waals surface area (Å²) in [4.78, 5) is 27.3. The number of carbonyl (C=O) groups is 2. The first-order valence-corrected chi connectivity index (χ1v) is 8.05. The number of carbonyl (C=O) groups excluding carboxylic acids is 1. The Balaban J connectivity index is 1.94. The largest absolute Gasteiger partial charge is 0.481 e. The third-order valence-electron chi connectivity index (χ3n) is 4.72. The van der Waals surface area contributed by atoms with Crippen LogP contribution in [0.15, 0.2) is 0 Å². The molecule has 0 aromatic carbocycles. The van der Waals surface area contributed by atoms with Crippen LogP contribution in [0.5, 0.6) is 0 Å². The molecule has 1 unspecified atom stereocenters. The normalized spacial score (nSPS) is 23.9. The Morgan fingerprint density at radius 2 is 1.95 bits per heavy atom. The number of likely N-dealkylation sites (tertiary alicyclic amines) is 1. The van der Waals surface area contributed by atoms with E-state index in [0.29, 0.717) is 12.5 Å². The third-order valence-corrected chi connectivity index (χ3v) is 4.72. The standard InChI is InChI=1S/C15H27N3O3/c1-17(12-7-9-16-10-8-12)15(21)18-11-3-2-4-13(18)5-6-14(19)20/h12-13,16H,2-11H2,1H3,(H,19,20). The zero-order valence-electron chi connectivity index (χ0n) is 12.9. The summed E-state index contributed by atoms with van der Waals surface area (Å²) < 4.78 is 0. The van der Waals surface area contributed by atoms with Crippen molar-refractivity contribution in [3.63, 3.8) is 0 Å². The number of urea groups is 1. The van der Waals surface area contributed by atoms with Gasteiger partial charge in [0.2, 0.25) is 0 Å². The van der Waals surface area contributed by atoms with E-state index in [4.69, 9.17) is 5.11 Å². The van der Waals surface area contributed by atoms with E-state index < -0.39 is 5.97 Å². The van der Waals surface area contributed by atoms with Crippen LogP contribution in [0, 0.1) is 0 Å². The Morgan fingerprint density at radius 3 is 2.62 bits per heavy atom. The number of amides is 2. The van der Waals surface area contributed by atoms with Crippen LogP contribution in [0.3, 0.4) is 0 Å². The smallest absolute Gasteiger partial charge is 0.320 e. The number of nitrogens with zero attached hydrogens (tertiary/aromatic N) is 2. The Kier molecular flexibility index (Phi) is 5.85. The minimum Gasteiger partial charge on any atom is -0.481 e. The summed E-state index contributed by atoms with van der Waals surface area (Å²) >= 11 is 0. The lowest BCUT2D eigenvalue weighted by atomic mass is 9.98. The average molecular weight is 297 g/mol. The van der Waals surface area contributed by atoms with Gasteiger partial charge >= 0.3 is 12.0 Å². The molecule has 0 aliphatic carbocycles. The molecule has 0 spiro atoms. The number of carboxylic acids is 1. The number of nitrogens with one attached hydrogen (secondary N) is 1. The molecule has 2 saturated heterocycles. The summed E-state index contributed by atoms with van der Waals surface area (Å²) in [6.07, 6.45) is 5.75. The van der Waals surface area contributed by atoms with Gasteiger partial charge in [-0.25, -0.2) is 4.79 Å². The van der Waals surface area contributed by atoms with Crippen LogP contribution in [-0.4, -0.2) is 65.7 Å². The van der Waals surface area contributed by atoms with Gasteiger partial charge in [-0.2, -0.15) is 0 Å². The molecule has 0 aromatic rings. The lowest BCUT2D eigenvalue weighted by Crippen LogP contribution is -2.53. The molecule has 2 rings (SSSR count). The maximum Gasteiger partial charge on any atom is 0.320 e. The quantitative estimate of drug-likeness (QED) is 0.825. The molecule has 120 valence electrons. The first-order valence-electron chi connectivity index (χ1n) is 8.05. The third kappa shape index (κ3) is 4.33. The summed E-state index contributed by atoms with van der Waals surface area (Å²) in [6.45, 7) is 2.69. The first-order chi connectivity index (χ1) is 10.1. The second-order valence-corrected chi connectivity index (χ2v) is 6.15. The minimum absolute atomic E-state index is 0.0805. The minimum atomic E-state index is -0.778. The van der Waals surface area contributed by atoms with Crippen LogP contribution < -0.4 is 5.32 Å². The summed E-state index contributed by atoms with van der Waals surface area (Å²) in [5, 5.41) is 12.2. The highest BCUT2D eigenvalue weighted by Gasteiger charge is 2.31. The predicted molar refractivity (Wildman–Crippen MR) is 80.3 cm³/mol. The second-order valence-electron chi connectivity index (χ2n) is 6.15. The lowest BCUT2D eigenvalue weighted by Gasteiger charge is -2.41.